The molecule has 2 rings (SSSR count). The summed E-state index contributed by atoms with van der Waals surface area (Å²) in [4.78, 5) is 11.5. The average molecular weight is 302 g/mol. The monoisotopic (exact) mass is 301 g/mol. The summed E-state index contributed by atoms with van der Waals surface area (Å²) in [5.74, 6) is -0.509. The van der Waals surface area contributed by atoms with Gasteiger partial charge in [0.1, 0.15) is 5.75 Å². The van der Waals surface area contributed by atoms with Crippen molar-refractivity contribution < 1.29 is 13.2 Å². The zero-order valence-corrected chi connectivity index (χ0v) is 12.0. The van der Waals surface area contributed by atoms with Gasteiger partial charge in [0.05, 0.1) is 5.75 Å². The zero-order valence-electron chi connectivity index (χ0n) is 10.4. The molecule has 1 fully saturated rings. The van der Waals surface area contributed by atoms with Crippen LogP contribution in [-0.2, 0) is 20.4 Å². The second-order valence-corrected chi connectivity index (χ2v) is 7.41. The van der Waals surface area contributed by atoms with Gasteiger partial charge in [0, 0.05) is 11.6 Å². The first kappa shape index (κ1) is 14.3. The minimum atomic E-state index is -3.45. The lowest BCUT2D eigenvalue weighted by atomic mass is 10.2. The highest BCUT2D eigenvalue weighted by molar-refractivity contribution is 7.91. The van der Waals surface area contributed by atoms with Crippen LogP contribution in [0.3, 0.4) is 0 Å². The van der Waals surface area contributed by atoms with Gasteiger partial charge in [-0.05, 0) is 36.5 Å². The lowest BCUT2D eigenvalue weighted by Crippen LogP contribution is -2.32. The van der Waals surface area contributed by atoms with Crippen LogP contribution in [0, 0.1) is 5.92 Å². The number of hydrogen-bond acceptors (Lipinski definition) is 3. The maximum absolute atomic E-state index is 11.9. The summed E-state index contributed by atoms with van der Waals surface area (Å²) in [5.41, 5.74) is 0.600. The number of rotatable bonds is 6. The van der Waals surface area contributed by atoms with Crippen molar-refractivity contribution in [2.75, 3.05) is 12.3 Å². The Balaban J connectivity index is 1.88. The van der Waals surface area contributed by atoms with E-state index in [0.29, 0.717) is 23.0 Å². The van der Waals surface area contributed by atoms with Gasteiger partial charge in [-0.15, -0.1) is 0 Å². The number of halogens is 1. The molecule has 1 aliphatic carbocycles. The van der Waals surface area contributed by atoms with Crippen LogP contribution in [0.1, 0.15) is 18.4 Å². The molecule has 0 bridgehead atoms. The topological polar surface area (TPSA) is 63.2 Å². The van der Waals surface area contributed by atoms with E-state index >= 15 is 0 Å². The minimum Gasteiger partial charge on any atom is -0.355 e. The fraction of sp³-hybridized carbons (Fsp3) is 0.462. The average Bonchev–Trinajstić information content (AvgIpc) is 3.08. The summed E-state index contributed by atoms with van der Waals surface area (Å²) < 4.78 is 23.8. The third kappa shape index (κ3) is 5.20. The van der Waals surface area contributed by atoms with Crippen LogP contribution in [0.5, 0.6) is 0 Å². The smallest absolute Gasteiger partial charge is 0.235 e. The predicted octanol–water partition coefficient (Wildman–Crippen LogP) is 1.78. The summed E-state index contributed by atoms with van der Waals surface area (Å²) in [6.45, 7) is 0.589. The van der Waals surface area contributed by atoms with Crippen LogP contribution in [-0.4, -0.2) is 26.6 Å². The molecule has 0 radical (unpaired) electrons. The molecular formula is C13H16ClNO3S. The molecule has 1 saturated carbocycles. The van der Waals surface area contributed by atoms with E-state index in [9.17, 15) is 13.2 Å². The standard InChI is InChI=1S/C13H16ClNO3S/c14-12-3-1-2-11(6-12)8-19(17,18)9-13(16)15-7-10-4-5-10/h1-3,6,10H,4-5,7-9H2,(H,15,16). The highest BCUT2D eigenvalue weighted by Gasteiger charge is 2.23. The number of hydrogen-bond donors (Lipinski definition) is 1. The van der Waals surface area contributed by atoms with Crippen molar-refractivity contribution in [1.82, 2.24) is 5.32 Å². The second-order valence-electron chi connectivity index (χ2n) is 4.91. The van der Waals surface area contributed by atoms with Crippen LogP contribution in [0.15, 0.2) is 24.3 Å². The number of benzene rings is 1. The molecule has 19 heavy (non-hydrogen) atoms. The van der Waals surface area contributed by atoms with Crippen molar-refractivity contribution >= 4 is 27.3 Å². The molecule has 1 aromatic carbocycles. The molecule has 1 N–H and O–H groups in total. The first-order valence-electron chi connectivity index (χ1n) is 6.16. The Labute approximate surface area is 118 Å². The Bertz CT molecular complexity index is 567. The van der Waals surface area contributed by atoms with Gasteiger partial charge in [-0.1, -0.05) is 23.7 Å². The van der Waals surface area contributed by atoms with Crippen LogP contribution in [0.2, 0.25) is 5.02 Å². The van der Waals surface area contributed by atoms with Gasteiger partial charge in [-0.3, -0.25) is 4.79 Å². The van der Waals surface area contributed by atoms with Crippen molar-refractivity contribution in [3.8, 4) is 0 Å². The number of nitrogens with one attached hydrogen (secondary N) is 1. The number of carbonyl (C=O) groups is 1. The highest BCUT2D eigenvalue weighted by atomic mass is 35.5. The molecule has 6 heteroatoms. The quantitative estimate of drug-likeness (QED) is 0.871. The van der Waals surface area contributed by atoms with E-state index < -0.39 is 21.5 Å². The summed E-state index contributed by atoms with van der Waals surface area (Å²) in [7, 11) is -3.45. The van der Waals surface area contributed by atoms with Crippen molar-refractivity contribution in [2.45, 2.75) is 18.6 Å². The molecule has 1 aliphatic rings. The van der Waals surface area contributed by atoms with E-state index in [2.05, 4.69) is 5.32 Å². The first-order valence-corrected chi connectivity index (χ1v) is 8.36. The molecule has 0 heterocycles. The third-order valence-corrected chi connectivity index (χ3v) is 4.62. The van der Waals surface area contributed by atoms with Crippen molar-refractivity contribution in [3.63, 3.8) is 0 Å². The molecular weight excluding hydrogens is 286 g/mol. The van der Waals surface area contributed by atoms with E-state index in [1.165, 1.54) is 0 Å². The molecule has 4 nitrogen and oxygen atoms in total. The molecule has 0 spiro atoms. The van der Waals surface area contributed by atoms with Crippen LogP contribution in [0.25, 0.3) is 0 Å². The van der Waals surface area contributed by atoms with Crippen LogP contribution < -0.4 is 5.32 Å². The van der Waals surface area contributed by atoms with Gasteiger partial charge in [0.25, 0.3) is 0 Å². The van der Waals surface area contributed by atoms with E-state index in [1.807, 2.05) is 0 Å². The van der Waals surface area contributed by atoms with Crippen molar-refractivity contribution in [3.05, 3.63) is 34.9 Å². The molecule has 0 atom stereocenters. The van der Waals surface area contributed by atoms with Gasteiger partial charge in [-0.2, -0.15) is 0 Å². The van der Waals surface area contributed by atoms with Gasteiger partial charge in [-0.25, -0.2) is 8.42 Å². The van der Waals surface area contributed by atoms with E-state index in [1.54, 1.807) is 24.3 Å². The largest absolute Gasteiger partial charge is 0.355 e. The fourth-order valence-electron chi connectivity index (χ4n) is 1.76. The Morgan fingerprint density at radius 1 is 1.37 bits per heavy atom. The molecule has 1 aromatic rings. The summed E-state index contributed by atoms with van der Waals surface area (Å²) in [6, 6.07) is 6.66. The zero-order chi connectivity index (χ0) is 13.9. The minimum absolute atomic E-state index is 0.162. The second kappa shape index (κ2) is 5.92. The van der Waals surface area contributed by atoms with Gasteiger partial charge < -0.3 is 5.32 Å². The highest BCUT2D eigenvalue weighted by Crippen LogP contribution is 2.27. The molecule has 0 aromatic heterocycles. The maximum atomic E-state index is 11.9. The Morgan fingerprint density at radius 3 is 2.74 bits per heavy atom. The number of carbonyl (C=O) groups excluding carboxylic acids is 1. The lowest BCUT2D eigenvalue weighted by molar-refractivity contribution is -0.118. The number of amides is 1. The SMILES string of the molecule is O=C(CS(=O)(=O)Cc1cccc(Cl)c1)NCC1CC1. The Kier molecular flexibility index (Phi) is 4.47. The first-order chi connectivity index (χ1) is 8.94. The normalized spacial score (nSPS) is 15.2. The third-order valence-electron chi connectivity index (χ3n) is 2.91. The molecule has 104 valence electrons. The van der Waals surface area contributed by atoms with E-state index in [-0.39, 0.29) is 5.75 Å². The summed E-state index contributed by atoms with van der Waals surface area (Å²) in [6.07, 6.45) is 2.24. The van der Waals surface area contributed by atoms with Crippen LogP contribution in [0.4, 0.5) is 0 Å². The van der Waals surface area contributed by atoms with Gasteiger partial charge >= 0.3 is 0 Å². The fourth-order valence-corrected chi connectivity index (χ4v) is 3.27. The predicted molar refractivity (Wildman–Crippen MR) is 74.7 cm³/mol. The maximum Gasteiger partial charge on any atom is 0.235 e. The van der Waals surface area contributed by atoms with Gasteiger partial charge in [0.15, 0.2) is 9.84 Å². The Hall–Kier alpha value is -1.07. The molecule has 0 unspecified atom stereocenters. The van der Waals surface area contributed by atoms with E-state index in [4.69, 9.17) is 11.6 Å². The summed E-state index contributed by atoms with van der Waals surface area (Å²) >= 11 is 5.80. The van der Waals surface area contributed by atoms with Crippen LogP contribution >= 0.6 is 11.6 Å². The van der Waals surface area contributed by atoms with Crippen molar-refractivity contribution in [1.29, 1.82) is 0 Å². The van der Waals surface area contributed by atoms with E-state index in [0.717, 1.165) is 12.8 Å². The van der Waals surface area contributed by atoms with Gasteiger partial charge in [0.2, 0.25) is 5.91 Å². The summed E-state index contributed by atoms with van der Waals surface area (Å²) in [5, 5.41) is 3.15. The molecule has 0 saturated heterocycles. The lowest BCUT2D eigenvalue weighted by Gasteiger charge is -2.06. The van der Waals surface area contributed by atoms with Crippen molar-refractivity contribution in [2.24, 2.45) is 5.92 Å². The number of sulfone groups is 1. The Morgan fingerprint density at radius 2 is 2.11 bits per heavy atom. The molecule has 1 amide bonds. The molecule has 0 aliphatic heterocycles.